The summed E-state index contributed by atoms with van der Waals surface area (Å²) in [5.41, 5.74) is 0. The van der Waals surface area contributed by atoms with E-state index in [2.05, 4.69) is 220 Å². The van der Waals surface area contributed by atoms with Gasteiger partial charge >= 0.3 is 11.9 Å². The third kappa shape index (κ3) is 67.2. The van der Waals surface area contributed by atoms with Crippen molar-refractivity contribution in [3.8, 4) is 0 Å². The van der Waals surface area contributed by atoms with E-state index in [0.29, 0.717) is 23.9 Å². The van der Waals surface area contributed by atoms with Crippen LogP contribution < -0.4 is 5.11 Å². The lowest BCUT2D eigenvalue weighted by atomic mass is 10.1. The summed E-state index contributed by atoms with van der Waals surface area (Å²) in [6.07, 6.45) is 100. The molecule has 0 N–H and O–H groups in total. The Morgan fingerprint density at radius 2 is 0.621 bits per heavy atom. The van der Waals surface area contributed by atoms with E-state index >= 15 is 0 Å². The molecular formula is C78H119NO8. The van der Waals surface area contributed by atoms with Gasteiger partial charge in [-0.25, -0.2) is 0 Å². The molecule has 0 aromatic rings. The molecule has 0 saturated heterocycles. The van der Waals surface area contributed by atoms with Crippen LogP contribution in [0.3, 0.4) is 0 Å². The Hall–Kier alpha value is -6.13. The normalized spacial score (nSPS) is 14.1. The molecule has 0 aromatic heterocycles. The predicted molar refractivity (Wildman–Crippen MR) is 370 cm³/mol. The number of unbranched alkanes of at least 4 members (excludes halogenated alkanes) is 9. The fraction of sp³-hybridized carbons (Fsp3) is 0.526. The van der Waals surface area contributed by atoms with E-state index in [0.717, 1.165) is 167 Å². The maximum atomic E-state index is 12.9. The Morgan fingerprint density at radius 1 is 0.345 bits per heavy atom. The average molecular weight is 1200 g/mol. The summed E-state index contributed by atoms with van der Waals surface area (Å²) in [5.74, 6) is -2.37. The van der Waals surface area contributed by atoms with Crippen molar-refractivity contribution in [3.05, 3.63) is 207 Å². The van der Waals surface area contributed by atoms with Gasteiger partial charge in [-0.15, -0.1) is 0 Å². The van der Waals surface area contributed by atoms with Gasteiger partial charge in [0.25, 0.3) is 0 Å². The van der Waals surface area contributed by atoms with Gasteiger partial charge in [0.2, 0.25) is 0 Å². The van der Waals surface area contributed by atoms with Crippen LogP contribution in [0, 0.1) is 0 Å². The summed E-state index contributed by atoms with van der Waals surface area (Å²) in [5, 5.41) is 11.8. The highest BCUT2D eigenvalue weighted by Crippen LogP contribution is 2.12. The molecule has 0 saturated carbocycles. The van der Waals surface area contributed by atoms with Gasteiger partial charge < -0.3 is 33.3 Å². The van der Waals surface area contributed by atoms with Crippen LogP contribution in [0.25, 0.3) is 0 Å². The van der Waals surface area contributed by atoms with E-state index in [-0.39, 0.29) is 32.7 Å². The van der Waals surface area contributed by atoms with Gasteiger partial charge in [-0.1, -0.05) is 253 Å². The second-order valence-corrected chi connectivity index (χ2v) is 22.3. The van der Waals surface area contributed by atoms with Gasteiger partial charge in [-0.05, 0) is 148 Å². The number of rotatable bonds is 58. The third-order valence-electron chi connectivity index (χ3n) is 13.0. The van der Waals surface area contributed by atoms with E-state index in [1.54, 1.807) is 0 Å². The number of carboxylic acid groups (broad SMARTS) is 1. The molecule has 0 fully saturated rings. The number of quaternary nitrogens is 1. The number of likely N-dealkylation sites (N-methyl/N-ethyl adjacent to an activating group) is 1. The van der Waals surface area contributed by atoms with Crippen molar-refractivity contribution >= 4 is 17.9 Å². The monoisotopic (exact) mass is 1200 g/mol. The topological polar surface area (TPSA) is 111 Å². The molecule has 0 aliphatic heterocycles. The number of carboxylic acids is 1. The number of nitrogens with zero attached hydrogens (tertiary/aromatic N) is 1. The van der Waals surface area contributed by atoms with Crippen molar-refractivity contribution in [1.29, 1.82) is 0 Å². The number of carbonyl (C=O) groups is 3. The van der Waals surface area contributed by atoms with Crippen LogP contribution in [0.2, 0.25) is 0 Å². The number of aliphatic carboxylic acids is 1. The molecule has 484 valence electrons. The van der Waals surface area contributed by atoms with E-state index in [9.17, 15) is 19.5 Å². The zero-order valence-electron chi connectivity index (χ0n) is 55.0. The Morgan fingerprint density at radius 3 is 0.920 bits per heavy atom. The maximum Gasteiger partial charge on any atom is 0.306 e. The molecule has 9 nitrogen and oxygen atoms in total. The molecule has 0 bridgehead atoms. The molecule has 9 heteroatoms. The van der Waals surface area contributed by atoms with Gasteiger partial charge in [0, 0.05) is 12.8 Å². The van der Waals surface area contributed by atoms with Crippen molar-refractivity contribution in [2.24, 2.45) is 0 Å². The van der Waals surface area contributed by atoms with E-state index in [1.165, 1.54) is 0 Å². The Kier molecular flexibility index (Phi) is 61.2. The first-order valence-electron chi connectivity index (χ1n) is 33.2. The van der Waals surface area contributed by atoms with Crippen LogP contribution in [-0.4, -0.2) is 82.3 Å². The van der Waals surface area contributed by atoms with Gasteiger partial charge in [-0.2, -0.15) is 0 Å². The summed E-state index contributed by atoms with van der Waals surface area (Å²) >= 11 is 0. The average Bonchev–Trinajstić information content (AvgIpc) is 3.56. The number of hydrogen-bond donors (Lipinski definition) is 0. The molecule has 2 atom stereocenters. The molecule has 0 amide bonds. The SMILES string of the molecule is CC/C=C\C/C=C\C/C=C\C/C=C\C/C=C\C/C=C\C/C=C\C/C=C\C/C=C\C/C=C\CCCCCCC(=O)OC(COC(=O)CCCCCCC/C=C\C/C=C\C/C=C\C/C=C\C/C=C\C/C=C\C/C=C\CC)COC(OCC[N+](C)(C)C)C(=O)[O-]. The van der Waals surface area contributed by atoms with Crippen LogP contribution in [0.1, 0.15) is 206 Å². The van der Waals surface area contributed by atoms with Crippen LogP contribution in [0.5, 0.6) is 0 Å². The second kappa shape index (κ2) is 65.8. The molecule has 2 unspecified atom stereocenters. The summed E-state index contributed by atoms with van der Waals surface area (Å²) in [6.45, 7) is 4.43. The summed E-state index contributed by atoms with van der Waals surface area (Å²) in [7, 11) is 5.89. The summed E-state index contributed by atoms with van der Waals surface area (Å²) in [6, 6.07) is 0. The highest BCUT2D eigenvalue weighted by atomic mass is 16.7. The molecule has 0 radical (unpaired) electrons. The molecule has 87 heavy (non-hydrogen) atoms. The minimum atomic E-state index is -1.65. The Bertz CT molecular complexity index is 2180. The van der Waals surface area contributed by atoms with Crippen LogP contribution in [0.4, 0.5) is 0 Å². The van der Waals surface area contributed by atoms with Gasteiger partial charge in [0.15, 0.2) is 12.4 Å². The summed E-state index contributed by atoms with van der Waals surface area (Å²) in [4.78, 5) is 37.4. The standard InChI is InChI=1S/C78H119NO8/c1-6-8-10-12-14-16-18-20-22-24-26-28-30-32-34-35-36-37-38-39-40-41-43-45-47-49-51-53-55-57-59-61-63-65-67-69-76(81)87-74(73-86-78(77(82)83)84-71-70-79(3,4)5)72-85-75(80)68-66-64-62-60-58-56-54-52-50-48-46-44-42-33-31-29-27-25-23-21-19-17-15-13-11-9-7-2/h8-11,14-17,20-23,26-29,32-34,36-37,39-40,42-43,45-46,48-49,51-52,54-55,57,74,78H,6-7,12-13,18-19,24-25,30-31,35,38,41,44,47,50,53,56,58-73H2,1-5H3/b10-8-,11-9-,16-14-,17-15-,22-20-,23-21-,28-26-,29-27-,34-32-,37-36-,40-39-,42-33-,45-43-,48-46-,51-49-,54-52-,57-55-. The lowest BCUT2D eigenvalue weighted by Gasteiger charge is -2.26. The first kappa shape index (κ1) is 80.9. The van der Waals surface area contributed by atoms with Crippen molar-refractivity contribution in [3.63, 3.8) is 0 Å². The highest BCUT2D eigenvalue weighted by molar-refractivity contribution is 5.70. The fourth-order valence-corrected chi connectivity index (χ4v) is 8.01. The van der Waals surface area contributed by atoms with Crippen LogP contribution in [-0.2, 0) is 33.3 Å². The molecule has 0 heterocycles. The molecule has 0 spiro atoms. The largest absolute Gasteiger partial charge is 0.545 e. The number of allylic oxidation sites excluding steroid dienone is 34. The zero-order chi connectivity index (χ0) is 63.3. The Balaban J connectivity index is 4.35. The maximum absolute atomic E-state index is 12.9. The Labute approximate surface area is 531 Å². The number of hydrogen-bond acceptors (Lipinski definition) is 8. The minimum absolute atomic E-state index is 0.126. The lowest BCUT2D eigenvalue weighted by molar-refractivity contribution is -0.870. The first-order chi connectivity index (χ1) is 42.6. The third-order valence-corrected chi connectivity index (χ3v) is 13.0. The lowest BCUT2D eigenvalue weighted by Crippen LogP contribution is -2.44. The molecular weight excluding hydrogens is 1080 g/mol. The van der Waals surface area contributed by atoms with Crippen LogP contribution >= 0.6 is 0 Å². The fourth-order valence-electron chi connectivity index (χ4n) is 8.01. The van der Waals surface area contributed by atoms with Crippen LogP contribution in [0.15, 0.2) is 207 Å². The summed E-state index contributed by atoms with van der Waals surface area (Å²) < 4.78 is 22.7. The molecule has 0 aliphatic rings. The number of esters is 2. The molecule has 0 aliphatic carbocycles. The van der Waals surface area contributed by atoms with Crippen molar-refractivity contribution < 1.29 is 42.9 Å². The van der Waals surface area contributed by atoms with Gasteiger partial charge in [-0.3, -0.25) is 9.59 Å². The van der Waals surface area contributed by atoms with Crippen molar-refractivity contribution in [2.45, 2.75) is 219 Å². The van der Waals surface area contributed by atoms with Crippen molar-refractivity contribution in [1.82, 2.24) is 0 Å². The van der Waals surface area contributed by atoms with Gasteiger partial charge in [0.05, 0.1) is 40.3 Å². The molecule has 0 aromatic carbocycles. The smallest absolute Gasteiger partial charge is 0.306 e. The van der Waals surface area contributed by atoms with E-state index < -0.39 is 30.3 Å². The van der Waals surface area contributed by atoms with E-state index in [1.807, 2.05) is 21.1 Å². The quantitative estimate of drug-likeness (QED) is 0.0195. The first-order valence-corrected chi connectivity index (χ1v) is 33.2. The second-order valence-electron chi connectivity index (χ2n) is 22.3. The zero-order valence-corrected chi connectivity index (χ0v) is 55.0. The number of ether oxygens (including phenoxy) is 4. The van der Waals surface area contributed by atoms with Gasteiger partial charge in [0.1, 0.15) is 13.2 Å². The minimum Gasteiger partial charge on any atom is -0.545 e. The molecule has 0 rings (SSSR count). The number of carbonyl (C=O) groups excluding carboxylic acids is 3. The predicted octanol–water partition coefficient (Wildman–Crippen LogP) is 19.5. The van der Waals surface area contributed by atoms with E-state index in [4.69, 9.17) is 18.9 Å². The highest BCUT2D eigenvalue weighted by Gasteiger charge is 2.22. The van der Waals surface area contributed by atoms with Crippen molar-refractivity contribution in [2.75, 3.05) is 47.5 Å².